The van der Waals surface area contributed by atoms with Crippen molar-refractivity contribution in [3.63, 3.8) is 0 Å². The number of ether oxygens (including phenoxy) is 3. The summed E-state index contributed by atoms with van der Waals surface area (Å²) >= 11 is 0. The molecule has 0 heterocycles. The molecule has 0 amide bonds. The molecule has 1 aromatic rings. The molecule has 90 valence electrons. The second kappa shape index (κ2) is 6.95. The van der Waals surface area contributed by atoms with Crippen LogP contribution in [0.5, 0.6) is 17.2 Å². The van der Waals surface area contributed by atoms with Crippen LogP contribution in [0.2, 0.25) is 0 Å². The van der Waals surface area contributed by atoms with E-state index in [4.69, 9.17) is 19.9 Å². The van der Waals surface area contributed by atoms with Crippen LogP contribution in [0, 0.1) is 0 Å². The van der Waals surface area contributed by atoms with Crippen molar-refractivity contribution in [3.05, 3.63) is 18.2 Å². The van der Waals surface area contributed by atoms with E-state index in [2.05, 4.69) is 0 Å². The Bertz CT molecular complexity index is 293. The summed E-state index contributed by atoms with van der Waals surface area (Å²) in [4.78, 5) is 0. The summed E-state index contributed by atoms with van der Waals surface area (Å²) in [5, 5.41) is 0. The van der Waals surface area contributed by atoms with E-state index in [1.807, 2.05) is 18.2 Å². The first kappa shape index (κ1) is 12.6. The quantitative estimate of drug-likeness (QED) is 0.719. The molecular weight excluding hydrogens is 206 g/mol. The Morgan fingerprint density at radius 2 is 1.50 bits per heavy atom. The van der Waals surface area contributed by atoms with E-state index in [0.717, 1.165) is 30.1 Å². The SMILES string of the molecule is COc1cc(OC)cc(OCCCCN)c1. The zero-order valence-corrected chi connectivity index (χ0v) is 9.86. The van der Waals surface area contributed by atoms with Gasteiger partial charge in [0.1, 0.15) is 17.2 Å². The van der Waals surface area contributed by atoms with E-state index in [1.54, 1.807) is 14.2 Å². The molecular formula is C12H19NO3. The lowest BCUT2D eigenvalue weighted by Gasteiger charge is -2.09. The molecule has 16 heavy (non-hydrogen) atoms. The van der Waals surface area contributed by atoms with Crippen molar-refractivity contribution in [2.24, 2.45) is 5.73 Å². The average Bonchev–Trinajstić information content (AvgIpc) is 2.34. The minimum absolute atomic E-state index is 0.660. The summed E-state index contributed by atoms with van der Waals surface area (Å²) in [5.41, 5.74) is 5.40. The highest BCUT2D eigenvalue weighted by molar-refractivity contribution is 5.41. The molecule has 0 spiro atoms. The number of hydrogen-bond acceptors (Lipinski definition) is 4. The normalized spacial score (nSPS) is 9.94. The van der Waals surface area contributed by atoms with Crippen LogP contribution >= 0.6 is 0 Å². The molecule has 0 unspecified atom stereocenters. The average molecular weight is 225 g/mol. The number of methoxy groups -OCH3 is 2. The Hall–Kier alpha value is -1.42. The van der Waals surface area contributed by atoms with E-state index in [1.165, 1.54) is 0 Å². The van der Waals surface area contributed by atoms with Crippen molar-refractivity contribution < 1.29 is 14.2 Å². The van der Waals surface area contributed by atoms with Crippen LogP contribution in [0.1, 0.15) is 12.8 Å². The molecule has 1 aromatic carbocycles. The van der Waals surface area contributed by atoms with Crippen LogP contribution in [0.3, 0.4) is 0 Å². The Morgan fingerprint density at radius 1 is 0.938 bits per heavy atom. The molecule has 0 fully saturated rings. The van der Waals surface area contributed by atoms with Gasteiger partial charge in [0, 0.05) is 18.2 Å². The monoisotopic (exact) mass is 225 g/mol. The highest BCUT2D eigenvalue weighted by Crippen LogP contribution is 2.27. The molecule has 2 N–H and O–H groups in total. The first-order valence-corrected chi connectivity index (χ1v) is 5.36. The fourth-order valence-corrected chi connectivity index (χ4v) is 1.30. The minimum Gasteiger partial charge on any atom is -0.496 e. The fourth-order valence-electron chi connectivity index (χ4n) is 1.30. The van der Waals surface area contributed by atoms with Gasteiger partial charge < -0.3 is 19.9 Å². The standard InChI is InChI=1S/C12H19NO3/c1-14-10-7-11(15-2)9-12(8-10)16-6-4-3-5-13/h7-9H,3-6,13H2,1-2H3. The Kier molecular flexibility index (Phi) is 5.50. The smallest absolute Gasteiger partial charge is 0.126 e. The number of hydrogen-bond donors (Lipinski definition) is 1. The highest BCUT2D eigenvalue weighted by atomic mass is 16.5. The molecule has 0 saturated heterocycles. The summed E-state index contributed by atoms with van der Waals surface area (Å²) in [7, 11) is 3.24. The molecule has 0 bridgehead atoms. The molecule has 0 aliphatic rings. The van der Waals surface area contributed by atoms with Gasteiger partial charge in [0.15, 0.2) is 0 Å². The van der Waals surface area contributed by atoms with Crippen molar-refractivity contribution in [2.75, 3.05) is 27.4 Å². The van der Waals surface area contributed by atoms with Crippen LogP contribution in [-0.2, 0) is 0 Å². The maximum atomic E-state index is 5.58. The lowest BCUT2D eigenvalue weighted by molar-refractivity contribution is 0.302. The molecule has 0 atom stereocenters. The van der Waals surface area contributed by atoms with Gasteiger partial charge in [-0.3, -0.25) is 0 Å². The third kappa shape index (κ3) is 3.98. The summed E-state index contributed by atoms with van der Waals surface area (Å²) < 4.78 is 15.9. The third-order valence-corrected chi connectivity index (χ3v) is 2.19. The molecule has 4 nitrogen and oxygen atoms in total. The van der Waals surface area contributed by atoms with Crippen LogP contribution in [0.25, 0.3) is 0 Å². The number of rotatable bonds is 7. The van der Waals surface area contributed by atoms with Crippen LogP contribution in [0.4, 0.5) is 0 Å². The van der Waals surface area contributed by atoms with E-state index in [-0.39, 0.29) is 0 Å². The molecule has 0 saturated carbocycles. The van der Waals surface area contributed by atoms with Crippen LogP contribution in [-0.4, -0.2) is 27.4 Å². The van der Waals surface area contributed by atoms with E-state index in [9.17, 15) is 0 Å². The fraction of sp³-hybridized carbons (Fsp3) is 0.500. The Balaban J connectivity index is 2.57. The lowest BCUT2D eigenvalue weighted by Crippen LogP contribution is -2.03. The summed E-state index contributed by atoms with van der Waals surface area (Å²) in [6.45, 7) is 1.36. The number of unbranched alkanes of at least 4 members (excludes halogenated alkanes) is 1. The molecule has 0 radical (unpaired) electrons. The second-order valence-corrected chi connectivity index (χ2v) is 3.39. The summed E-state index contributed by atoms with van der Waals surface area (Å²) in [6, 6.07) is 5.49. The van der Waals surface area contributed by atoms with Crippen LogP contribution in [0.15, 0.2) is 18.2 Å². The predicted octanol–water partition coefficient (Wildman–Crippen LogP) is 1.82. The van der Waals surface area contributed by atoms with Gasteiger partial charge in [-0.25, -0.2) is 0 Å². The van der Waals surface area contributed by atoms with Gasteiger partial charge in [0.25, 0.3) is 0 Å². The van der Waals surface area contributed by atoms with Gasteiger partial charge in [0.05, 0.1) is 20.8 Å². The zero-order chi connectivity index (χ0) is 11.8. The zero-order valence-electron chi connectivity index (χ0n) is 9.86. The van der Waals surface area contributed by atoms with Crippen molar-refractivity contribution in [1.29, 1.82) is 0 Å². The van der Waals surface area contributed by atoms with E-state index < -0.39 is 0 Å². The molecule has 0 aliphatic heterocycles. The maximum Gasteiger partial charge on any atom is 0.126 e. The lowest BCUT2D eigenvalue weighted by atomic mass is 10.3. The second-order valence-electron chi connectivity index (χ2n) is 3.39. The summed E-state index contributed by atoms with van der Waals surface area (Å²) in [5.74, 6) is 2.22. The third-order valence-electron chi connectivity index (χ3n) is 2.19. The minimum atomic E-state index is 0.660. The number of benzene rings is 1. The van der Waals surface area contributed by atoms with Gasteiger partial charge in [-0.15, -0.1) is 0 Å². The highest BCUT2D eigenvalue weighted by Gasteiger charge is 2.02. The van der Waals surface area contributed by atoms with Crippen molar-refractivity contribution >= 4 is 0 Å². The Morgan fingerprint density at radius 3 is 2.00 bits per heavy atom. The number of nitrogens with two attached hydrogens (primary N) is 1. The maximum absolute atomic E-state index is 5.58. The largest absolute Gasteiger partial charge is 0.496 e. The predicted molar refractivity (Wildman–Crippen MR) is 63.3 cm³/mol. The molecule has 0 aromatic heterocycles. The van der Waals surface area contributed by atoms with Crippen molar-refractivity contribution in [3.8, 4) is 17.2 Å². The topological polar surface area (TPSA) is 53.7 Å². The molecule has 1 rings (SSSR count). The van der Waals surface area contributed by atoms with Crippen molar-refractivity contribution in [1.82, 2.24) is 0 Å². The van der Waals surface area contributed by atoms with Gasteiger partial charge in [-0.2, -0.15) is 0 Å². The van der Waals surface area contributed by atoms with E-state index >= 15 is 0 Å². The first-order valence-electron chi connectivity index (χ1n) is 5.36. The van der Waals surface area contributed by atoms with Gasteiger partial charge in [0.2, 0.25) is 0 Å². The Labute approximate surface area is 96.3 Å². The first-order chi connectivity index (χ1) is 7.80. The van der Waals surface area contributed by atoms with Crippen molar-refractivity contribution in [2.45, 2.75) is 12.8 Å². The van der Waals surface area contributed by atoms with Gasteiger partial charge in [-0.1, -0.05) is 0 Å². The molecule has 0 aliphatic carbocycles. The summed E-state index contributed by atoms with van der Waals surface area (Å²) in [6.07, 6.45) is 1.93. The molecule has 4 heteroatoms. The van der Waals surface area contributed by atoms with E-state index in [0.29, 0.717) is 13.2 Å². The van der Waals surface area contributed by atoms with Gasteiger partial charge >= 0.3 is 0 Å². The van der Waals surface area contributed by atoms with Gasteiger partial charge in [-0.05, 0) is 19.4 Å². The van der Waals surface area contributed by atoms with Crippen LogP contribution < -0.4 is 19.9 Å².